The van der Waals surface area contributed by atoms with Crippen molar-refractivity contribution in [1.82, 2.24) is 10.2 Å². The van der Waals surface area contributed by atoms with Gasteiger partial charge in [-0.2, -0.15) is 10.4 Å². The number of amides is 1. The van der Waals surface area contributed by atoms with Crippen LogP contribution in [0.1, 0.15) is 36.9 Å². The number of nitrogens with two attached hydrogens (primary N) is 1. The zero-order valence-corrected chi connectivity index (χ0v) is 15.5. The Bertz CT molecular complexity index is 951. The summed E-state index contributed by atoms with van der Waals surface area (Å²) in [5.74, 6) is 0.254. The van der Waals surface area contributed by atoms with E-state index in [-0.39, 0.29) is 5.91 Å². The van der Waals surface area contributed by atoms with Crippen LogP contribution >= 0.6 is 11.6 Å². The summed E-state index contributed by atoms with van der Waals surface area (Å²) < 4.78 is 0. The van der Waals surface area contributed by atoms with Gasteiger partial charge in [0.2, 0.25) is 5.91 Å². The Balaban J connectivity index is 1.67. The highest BCUT2D eigenvalue weighted by Gasteiger charge is 2.26. The zero-order valence-electron chi connectivity index (χ0n) is 14.7. The number of aliphatic imine (C=N–C) groups is 1. The zero-order chi connectivity index (χ0) is 19.4. The highest BCUT2D eigenvalue weighted by molar-refractivity contribution is 6.31. The van der Waals surface area contributed by atoms with Crippen molar-refractivity contribution in [3.05, 3.63) is 52.3 Å². The van der Waals surface area contributed by atoms with Crippen LogP contribution in [0.4, 0.5) is 11.5 Å². The molecular weight excluding hydrogens is 364 g/mol. The third kappa shape index (κ3) is 4.74. The number of aromatic amines is 1. The summed E-state index contributed by atoms with van der Waals surface area (Å²) >= 11 is 5.97. The Kier molecular flexibility index (Phi) is 5.57. The van der Waals surface area contributed by atoms with Gasteiger partial charge in [-0.25, -0.2) is 0 Å². The molecule has 138 valence electrons. The van der Waals surface area contributed by atoms with Crippen LogP contribution in [-0.2, 0) is 4.79 Å². The minimum Gasteiger partial charge on any atom is -0.404 e. The molecule has 1 aliphatic carbocycles. The number of aromatic nitrogens is 2. The summed E-state index contributed by atoms with van der Waals surface area (Å²) in [5, 5.41) is 19.3. The van der Waals surface area contributed by atoms with Gasteiger partial charge in [0.05, 0.1) is 23.2 Å². The molecule has 1 aromatic heterocycles. The first-order valence-corrected chi connectivity index (χ1v) is 8.90. The van der Waals surface area contributed by atoms with Crippen LogP contribution in [-0.4, -0.2) is 22.3 Å². The van der Waals surface area contributed by atoms with Gasteiger partial charge in [-0.1, -0.05) is 11.6 Å². The fourth-order valence-electron chi connectivity index (χ4n) is 2.55. The molecule has 1 unspecified atom stereocenters. The van der Waals surface area contributed by atoms with Gasteiger partial charge in [0.15, 0.2) is 5.82 Å². The fraction of sp³-hybridized carbons (Fsp3) is 0.263. The van der Waals surface area contributed by atoms with Gasteiger partial charge < -0.3 is 11.1 Å². The van der Waals surface area contributed by atoms with E-state index >= 15 is 0 Å². The van der Waals surface area contributed by atoms with Gasteiger partial charge in [0.25, 0.3) is 0 Å². The molecule has 1 aromatic carbocycles. The van der Waals surface area contributed by atoms with E-state index in [0.717, 1.165) is 18.5 Å². The summed E-state index contributed by atoms with van der Waals surface area (Å²) in [6.45, 7) is 1.73. The van der Waals surface area contributed by atoms with Crippen molar-refractivity contribution in [3.8, 4) is 6.07 Å². The first-order valence-electron chi connectivity index (χ1n) is 8.53. The number of nitrogens with zero attached hydrogens (tertiary/aromatic N) is 3. The van der Waals surface area contributed by atoms with E-state index in [1.54, 1.807) is 25.1 Å². The summed E-state index contributed by atoms with van der Waals surface area (Å²) in [6, 6.07) is 8.66. The van der Waals surface area contributed by atoms with E-state index in [0.29, 0.717) is 33.6 Å². The van der Waals surface area contributed by atoms with E-state index < -0.39 is 5.92 Å². The highest BCUT2D eigenvalue weighted by atomic mass is 35.5. The van der Waals surface area contributed by atoms with E-state index in [2.05, 4.69) is 20.5 Å². The molecule has 0 aliphatic heterocycles. The second kappa shape index (κ2) is 8.06. The maximum atomic E-state index is 12.5. The van der Waals surface area contributed by atoms with Crippen molar-refractivity contribution in [1.29, 1.82) is 5.26 Å². The van der Waals surface area contributed by atoms with Crippen molar-refractivity contribution in [3.63, 3.8) is 0 Å². The molecule has 1 fully saturated rings. The molecule has 0 saturated heterocycles. The first-order chi connectivity index (χ1) is 13.0. The summed E-state index contributed by atoms with van der Waals surface area (Å²) in [5.41, 5.74) is 8.16. The highest BCUT2D eigenvalue weighted by Crippen LogP contribution is 2.39. The molecule has 4 N–H and O–H groups in total. The molecule has 0 spiro atoms. The second-order valence-corrected chi connectivity index (χ2v) is 6.86. The van der Waals surface area contributed by atoms with Crippen LogP contribution in [0.5, 0.6) is 0 Å². The topological polar surface area (TPSA) is 120 Å². The number of halogens is 1. The molecule has 1 aliphatic rings. The fourth-order valence-corrected chi connectivity index (χ4v) is 2.78. The number of carbonyl (C=O) groups is 1. The van der Waals surface area contributed by atoms with E-state index in [9.17, 15) is 4.79 Å². The third-order valence-corrected chi connectivity index (χ3v) is 4.54. The Morgan fingerprint density at radius 2 is 2.26 bits per heavy atom. The smallest absolute Gasteiger partial charge is 0.232 e. The second-order valence-electron chi connectivity index (χ2n) is 6.43. The van der Waals surface area contributed by atoms with Gasteiger partial charge in [-0.3, -0.25) is 14.9 Å². The largest absolute Gasteiger partial charge is 0.404 e. The molecule has 1 atom stereocenters. The molecule has 7 nitrogen and oxygen atoms in total. The van der Waals surface area contributed by atoms with Gasteiger partial charge >= 0.3 is 0 Å². The number of H-pyrrole nitrogens is 1. The van der Waals surface area contributed by atoms with Crippen LogP contribution < -0.4 is 11.1 Å². The maximum absolute atomic E-state index is 12.5. The Morgan fingerprint density at radius 3 is 2.93 bits per heavy atom. The molecule has 2 aromatic rings. The number of hydrogen-bond acceptors (Lipinski definition) is 5. The maximum Gasteiger partial charge on any atom is 0.232 e. The molecule has 0 radical (unpaired) electrons. The number of rotatable bonds is 6. The monoisotopic (exact) mass is 382 g/mol. The molecule has 0 bridgehead atoms. The molecule has 1 amide bonds. The lowest BCUT2D eigenvalue weighted by molar-refractivity contribution is -0.118. The van der Waals surface area contributed by atoms with Gasteiger partial charge in [0, 0.05) is 28.9 Å². The van der Waals surface area contributed by atoms with Crippen LogP contribution in [0.25, 0.3) is 0 Å². The number of nitriles is 1. The third-order valence-electron chi connectivity index (χ3n) is 4.33. The van der Waals surface area contributed by atoms with Crippen molar-refractivity contribution < 1.29 is 4.79 Å². The molecule has 27 heavy (non-hydrogen) atoms. The predicted molar refractivity (Wildman–Crippen MR) is 105 cm³/mol. The Labute approximate surface area is 161 Å². The van der Waals surface area contributed by atoms with Crippen molar-refractivity contribution in [2.24, 2.45) is 16.6 Å². The molecular formula is C19H19ClN6O. The lowest BCUT2D eigenvalue weighted by Gasteiger charge is -2.11. The minimum absolute atomic E-state index is 0.240. The average molecular weight is 383 g/mol. The number of anilines is 1. The number of carbonyl (C=O) groups excluding carboxylic acids is 1. The predicted octanol–water partition coefficient (Wildman–Crippen LogP) is 3.63. The average Bonchev–Trinajstić information content (AvgIpc) is 3.41. The quantitative estimate of drug-likeness (QED) is 0.660. The minimum atomic E-state index is -0.533. The van der Waals surface area contributed by atoms with Crippen molar-refractivity contribution in [2.45, 2.75) is 25.7 Å². The number of hydrogen-bond donors (Lipinski definition) is 3. The van der Waals surface area contributed by atoms with E-state index in [1.807, 2.05) is 12.1 Å². The molecule has 3 rings (SSSR count). The van der Waals surface area contributed by atoms with Crippen LogP contribution in [0.15, 0.2) is 41.0 Å². The summed E-state index contributed by atoms with van der Waals surface area (Å²) in [4.78, 5) is 16.8. The first kappa shape index (κ1) is 18.7. The number of benzene rings is 1. The normalized spacial score (nSPS) is 15.5. The number of nitrogens with one attached hydrogen (secondary N) is 2. The van der Waals surface area contributed by atoms with E-state index in [1.165, 1.54) is 12.4 Å². The Morgan fingerprint density at radius 1 is 1.48 bits per heavy atom. The van der Waals surface area contributed by atoms with Gasteiger partial charge in [0.1, 0.15) is 0 Å². The standard InChI is InChI=1S/C19H19ClN6O/c1-11(19(27)24-18-7-17(25-26-18)13-2-3-13)14(9-22)10-23-16-5-12(8-21)4-15(20)6-16/h4-7,9-11,13H,2-3,22H2,1H3,(H2,24,25,26,27)/b14-9+,23-10?. The summed E-state index contributed by atoms with van der Waals surface area (Å²) in [7, 11) is 0. The van der Waals surface area contributed by atoms with Crippen LogP contribution in [0, 0.1) is 17.2 Å². The van der Waals surface area contributed by atoms with E-state index in [4.69, 9.17) is 22.6 Å². The molecule has 1 saturated carbocycles. The lowest BCUT2D eigenvalue weighted by atomic mass is 10.0. The van der Waals surface area contributed by atoms with Crippen LogP contribution in [0.3, 0.4) is 0 Å². The lowest BCUT2D eigenvalue weighted by Crippen LogP contribution is -2.23. The molecule has 8 heteroatoms. The van der Waals surface area contributed by atoms with Gasteiger partial charge in [-0.15, -0.1) is 0 Å². The van der Waals surface area contributed by atoms with Crippen molar-refractivity contribution in [2.75, 3.05) is 5.32 Å². The summed E-state index contributed by atoms with van der Waals surface area (Å²) in [6.07, 6.45) is 5.14. The SMILES string of the molecule is CC(C(=O)Nc1cc(C2CC2)[nH]n1)/C(C=Nc1cc(Cl)cc(C#N)c1)=C/N. The molecule has 1 heterocycles. The van der Waals surface area contributed by atoms with Gasteiger partial charge in [-0.05, 0) is 49.7 Å². The Hall–Kier alpha value is -3.11. The van der Waals surface area contributed by atoms with Crippen molar-refractivity contribution >= 4 is 35.2 Å². The van der Waals surface area contributed by atoms with Crippen LogP contribution in [0.2, 0.25) is 5.02 Å².